The summed E-state index contributed by atoms with van der Waals surface area (Å²) in [6.07, 6.45) is 3.95. The lowest BCUT2D eigenvalue weighted by Gasteiger charge is -2.15. The van der Waals surface area contributed by atoms with Gasteiger partial charge in [0.2, 0.25) is 10.0 Å². The Bertz CT molecular complexity index is 1280. The second kappa shape index (κ2) is 7.33. The topological polar surface area (TPSA) is 82.2 Å². The van der Waals surface area contributed by atoms with Gasteiger partial charge in [0.15, 0.2) is 5.78 Å². The van der Waals surface area contributed by atoms with Crippen molar-refractivity contribution >= 4 is 27.4 Å². The van der Waals surface area contributed by atoms with Crippen LogP contribution in [0.5, 0.6) is 0 Å². The summed E-state index contributed by atoms with van der Waals surface area (Å²) in [5.74, 6) is 0.256. The van der Waals surface area contributed by atoms with E-state index in [0.29, 0.717) is 11.1 Å². The first-order chi connectivity index (χ1) is 14.8. The zero-order valence-corrected chi connectivity index (χ0v) is 18.7. The normalized spacial score (nSPS) is 16.5. The van der Waals surface area contributed by atoms with Gasteiger partial charge in [-0.15, -0.1) is 0 Å². The number of Topliss-reactive ketones (excluding diaryl/α,β-unsaturated/α-hetero) is 1. The molecule has 7 heteroatoms. The number of hydrogen-bond donors (Lipinski definition) is 1. The largest absolute Gasteiger partial charge is 0.337 e. The van der Waals surface area contributed by atoms with Crippen LogP contribution in [0.2, 0.25) is 5.02 Å². The van der Waals surface area contributed by atoms with Gasteiger partial charge in [0.1, 0.15) is 0 Å². The van der Waals surface area contributed by atoms with Gasteiger partial charge in [-0.2, -0.15) is 0 Å². The van der Waals surface area contributed by atoms with Crippen LogP contribution in [0.1, 0.15) is 47.6 Å². The van der Waals surface area contributed by atoms with Gasteiger partial charge in [0, 0.05) is 22.5 Å². The van der Waals surface area contributed by atoms with E-state index in [9.17, 15) is 13.2 Å². The molecule has 5 rings (SSSR count). The van der Waals surface area contributed by atoms with Gasteiger partial charge in [-0.1, -0.05) is 35.9 Å². The molecule has 1 heterocycles. The van der Waals surface area contributed by atoms with E-state index in [4.69, 9.17) is 16.7 Å². The van der Waals surface area contributed by atoms with Crippen molar-refractivity contribution in [3.63, 3.8) is 0 Å². The second-order valence-electron chi connectivity index (χ2n) is 8.51. The van der Waals surface area contributed by atoms with Gasteiger partial charge in [0.25, 0.3) is 0 Å². The molecule has 0 bridgehead atoms. The Morgan fingerprint density at radius 1 is 0.935 bits per heavy atom. The molecule has 31 heavy (non-hydrogen) atoms. The van der Waals surface area contributed by atoms with Crippen LogP contribution in [-0.2, 0) is 10.0 Å². The number of rotatable bonds is 6. The maximum absolute atomic E-state index is 13.4. The van der Waals surface area contributed by atoms with Gasteiger partial charge < -0.3 is 4.57 Å². The van der Waals surface area contributed by atoms with Crippen molar-refractivity contribution in [1.82, 2.24) is 4.57 Å². The van der Waals surface area contributed by atoms with Gasteiger partial charge in [-0.3, -0.25) is 4.79 Å². The van der Waals surface area contributed by atoms with Crippen molar-refractivity contribution in [2.45, 2.75) is 43.5 Å². The van der Waals surface area contributed by atoms with E-state index >= 15 is 0 Å². The molecule has 3 aromatic rings. The fourth-order valence-corrected chi connectivity index (χ4v) is 4.95. The molecule has 2 aliphatic carbocycles. The molecule has 0 amide bonds. The lowest BCUT2D eigenvalue weighted by Crippen LogP contribution is -2.12. The van der Waals surface area contributed by atoms with Crippen molar-refractivity contribution in [2.75, 3.05) is 0 Å². The second-order valence-corrected chi connectivity index (χ2v) is 10.5. The molecule has 0 spiro atoms. The van der Waals surface area contributed by atoms with E-state index in [1.54, 1.807) is 12.1 Å². The van der Waals surface area contributed by atoms with Gasteiger partial charge in [-0.25, -0.2) is 13.6 Å². The number of carbonyl (C=O) groups excluding carboxylic acids is 1. The fourth-order valence-electron chi connectivity index (χ4n) is 4.31. The molecule has 2 N–H and O–H groups in total. The number of carbonyl (C=O) groups is 1. The Morgan fingerprint density at radius 2 is 1.48 bits per heavy atom. The molecule has 2 fully saturated rings. The van der Waals surface area contributed by atoms with Gasteiger partial charge >= 0.3 is 0 Å². The molecule has 0 aliphatic heterocycles. The Balaban J connectivity index is 1.77. The Labute approximate surface area is 186 Å². The van der Waals surface area contributed by atoms with Crippen LogP contribution < -0.4 is 5.14 Å². The Morgan fingerprint density at radius 3 is 2.00 bits per heavy atom. The van der Waals surface area contributed by atoms with Gasteiger partial charge in [0.05, 0.1) is 16.3 Å². The highest BCUT2D eigenvalue weighted by atomic mass is 35.5. The smallest absolute Gasteiger partial charge is 0.238 e. The van der Waals surface area contributed by atoms with E-state index in [1.165, 1.54) is 12.1 Å². The van der Waals surface area contributed by atoms with Crippen LogP contribution >= 0.6 is 11.6 Å². The van der Waals surface area contributed by atoms with E-state index in [-0.39, 0.29) is 16.6 Å². The zero-order valence-electron chi connectivity index (χ0n) is 17.1. The highest BCUT2D eigenvalue weighted by molar-refractivity contribution is 7.89. The molecule has 0 unspecified atom stereocenters. The lowest BCUT2D eigenvalue weighted by molar-refractivity contribution is 0.0967. The molecular formula is C24H23ClN2O3S. The fraction of sp³-hybridized carbons (Fsp3) is 0.292. The number of sulfonamides is 1. The molecule has 1 aromatic heterocycles. The molecule has 2 aromatic carbocycles. The summed E-state index contributed by atoms with van der Waals surface area (Å²) < 4.78 is 25.7. The molecule has 0 radical (unpaired) electrons. The first kappa shape index (κ1) is 20.5. The van der Waals surface area contributed by atoms with Crippen molar-refractivity contribution < 1.29 is 13.2 Å². The zero-order chi connectivity index (χ0) is 21.9. The summed E-state index contributed by atoms with van der Waals surface area (Å²) >= 11 is 6.12. The van der Waals surface area contributed by atoms with Crippen molar-refractivity contribution in [2.24, 2.45) is 11.1 Å². The minimum Gasteiger partial charge on any atom is -0.337 e. The quantitative estimate of drug-likeness (QED) is 0.509. The van der Waals surface area contributed by atoms with E-state index in [0.717, 1.165) is 59.3 Å². The predicted molar refractivity (Wildman–Crippen MR) is 122 cm³/mol. The molecule has 160 valence electrons. The third-order valence-electron chi connectivity index (χ3n) is 6.13. The third-order valence-corrected chi connectivity index (χ3v) is 7.31. The summed E-state index contributed by atoms with van der Waals surface area (Å²) in [5, 5.41) is 5.94. The number of primary sulfonamides is 1. The summed E-state index contributed by atoms with van der Waals surface area (Å²) in [7, 11) is -3.78. The predicted octanol–water partition coefficient (Wildman–Crippen LogP) is 5.36. The lowest BCUT2D eigenvalue weighted by atomic mass is 9.97. The molecule has 0 atom stereocenters. The van der Waals surface area contributed by atoms with Crippen LogP contribution in [0.15, 0.2) is 53.4 Å². The molecule has 5 nitrogen and oxygen atoms in total. The molecular weight excluding hydrogens is 432 g/mol. The van der Waals surface area contributed by atoms with Crippen molar-refractivity contribution in [1.29, 1.82) is 0 Å². The highest BCUT2D eigenvalue weighted by Gasteiger charge is 2.39. The average molecular weight is 455 g/mol. The number of halogens is 1. The number of nitrogens with two attached hydrogens (primary N) is 1. The van der Waals surface area contributed by atoms with E-state index < -0.39 is 10.0 Å². The molecule has 0 saturated heterocycles. The third kappa shape index (κ3) is 3.73. The first-order valence-corrected chi connectivity index (χ1v) is 12.4. The Kier molecular flexibility index (Phi) is 4.84. The standard InChI is InChI=1S/C24H23ClN2O3S/c1-14-21(24(28)17-2-3-17)23(16-6-12-20(13-7-16)31(26,29)30)27(19-10-11-19)22(14)15-4-8-18(25)9-5-15/h4-9,12-13,17,19H,2-3,10-11H2,1H3,(H2,26,29,30). The first-order valence-electron chi connectivity index (χ1n) is 10.4. The maximum atomic E-state index is 13.4. The summed E-state index contributed by atoms with van der Waals surface area (Å²) in [6.45, 7) is 2.01. The summed E-state index contributed by atoms with van der Waals surface area (Å²) in [6, 6.07) is 14.6. The van der Waals surface area contributed by atoms with E-state index in [2.05, 4.69) is 4.57 Å². The number of benzene rings is 2. The van der Waals surface area contributed by atoms with Crippen LogP contribution in [0.3, 0.4) is 0 Å². The van der Waals surface area contributed by atoms with Crippen molar-refractivity contribution in [3.05, 3.63) is 64.7 Å². The minimum atomic E-state index is -3.78. The molecule has 2 aliphatic rings. The number of aromatic nitrogens is 1. The van der Waals surface area contributed by atoms with Gasteiger partial charge in [-0.05, 0) is 73.6 Å². The summed E-state index contributed by atoms with van der Waals surface area (Å²) in [5.41, 5.74) is 5.48. The van der Waals surface area contributed by atoms with Crippen molar-refractivity contribution in [3.8, 4) is 22.5 Å². The maximum Gasteiger partial charge on any atom is 0.238 e. The van der Waals surface area contributed by atoms with Crippen LogP contribution in [0.4, 0.5) is 0 Å². The number of hydrogen-bond acceptors (Lipinski definition) is 3. The molecule has 2 saturated carbocycles. The number of ketones is 1. The van der Waals surface area contributed by atoms with E-state index in [1.807, 2.05) is 31.2 Å². The average Bonchev–Trinajstić information content (AvgIpc) is 3.64. The Hall–Kier alpha value is -2.41. The van der Waals surface area contributed by atoms with Crippen LogP contribution in [0, 0.1) is 12.8 Å². The van der Waals surface area contributed by atoms with Crippen LogP contribution in [-0.4, -0.2) is 18.8 Å². The highest BCUT2D eigenvalue weighted by Crippen LogP contribution is 2.48. The monoisotopic (exact) mass is 454 g/mol. The minimum absolute atomic E-state index is 0.0606. The number of nitrogens with zero attached hydrogens (tertiary/aromatic N) is 1. The SMILES string of the molecule is Cc1c(C(=O)C2CC2)c(-c2ccc(S(N)(=O)=O)cc2)n(C2CC2)c1-c1ccc(Cl)cc1. The summed E-state index contributed by atoms with van der Waals surface area (Å²) in [4.78, 5) is 13.5. The van der Waals surface area contributed by atoms with Crippen LogP contribution in [0.25, 0.3) is 22.5 Å².